The van der Waals surface area contributed by atoms with Crippen molar-refractivity contribution in [3.8, 4) is 17.2 Å². The zero-order valence-corrected chi connectivity index (χ0v) is 40.2. The van der Waals surface area contributed by atoms with E-state index in [0.29, 0.717) is 42.6 Å². The van der Waals surface area contributed by atoms with Crippen molar-refractivity contribution in [2.45, 2.75) is 238 Å². The summed E-state index contributed by atoms with van der Waals surface area (Å²) in [6, 6.07) is 3.39. The molecule has 0 unspecified atom stereocenters. The fraction of sp³-hybridized carbons (Fsp3) is 0.843. The number of hydrogen-bond acceptors (Lipinski definition) is 10. The second-order valence-corrected chi connectivity index (χ2v) is 17.6. The van der Waals surface area contributed by atoms with E-state index in [9.17, 15) is 30.0 Å². The highest BCUT2D eigenvalue weighted by atomic mass is 16.5. The molecule has 0 aliphatic rings. The number of amides is 2. The molecule has 2 amide bonds. The average Bonchev–Trinajstić information content (AvgIpc) is 3.29. The molecular weight excluding hydrogens is 801 g/mol. The number of carbonyl (C=O) groups is 2. The molecule has 0 heterocycles. The second kappa shape index (κ2) is 40.8. The maximum Gasteiger partial charge on any atom is 0.251 e. The predicted octanol–water partition coefficient (Wildman–Crippen LogP) is 9.87. The van der Waals surface area contributed by atoms with Crippen molar-refractivity contribution in [1.29, 1.82) is 0 Å². The molecule has 0 aliphatic heterocycles. The van der Waals surface area contributed by atoms with Gasteiger partial charge in [-0.3, -0.25) is 9.59 Å². The first-order valence-electron chi connectivity index (χ1n) is 25.7. The Labute approximate surface area is 383 Å². The van der Waals surface area contributed by atoms with Crippen LogP contribution in [0.25, 0.3) is 0 Å². The molecule has 0 bridgehead atoms. The van der Waals surface area contributed by atoms with Gasteiger partial charge in [0.15, 0.2) is 17.6 Å². The maximum atomic E-state index is 13.6. The number of hydrogen-bond donors (Lipinski definition) is 7. The van der Waals surface area contributed by atoms with Crippen LogP contribution < -0.4 is 24.8 Å². The van der Waals surface area contributed by atoms with Gasteiger partial charge in [0.05, 0.1) is 26.4 Å². The van der Waals surface area contributed by atoms with Crippen LogP contribution in [0.4, 0.5) is 0 Å². The minimum Gasteiger partial charge on any atom is -0.490 e. The SMILES string of the molecule is CCCCCCCCCCCCOc1cc(C(=O)NCCNC(=O)[C@H](O)[C@H](O)[C@H](O)[C@H](O)CO)cc(OCCCCCCCCCCCC)c1OCCCCCCCCCCCC. The predicted molar refractivity (Wildman–Crippen MR) is 255 cm³/mol. The monoisotopic (exact) mass is 895 g/mol. The molecule has 7 N–H and O–H groups in total. The molecule has 63 heavy (non-hydrogen) atoms. The van der Waals surface area contributed by atoms with Gasteiger partial charge >= 0.3 is 0 Å². The summed E-state index contributed by atoms with van der Waals surface area (Å²) < 4.78 is 19.3. The second-order valence-electron chi connectivity index (χ2n) is 17.6. The lowest BCUT2D eigenvalue weighted by Gasteiger charge is -2.24. The van der Waals surface area contributed by atoms with Crippen molar-refractivity contribution >= 4 is 11.8 Å². The Bertz CT molecular complexity index is 1190. The largest absolute Gasteiger partial charge is 0.490 e. The van der Waals surface area contributed by atoms with Crippen molar-refractivity contribution < 1.29 is 49.3 Å². The first kappa shape index (κ1) is 58.4. The van der Waals surface area contributed by atoms with Gasteiger partial charge in [-0.2, -0.15) is 0 Å². The number of carbonyl (C=O) groups excluding carboxylic acids is 2. The van der Waals surface area contributed by atoms with E-state index < -0.39 is 42.8 Å². The van der Waals surface area contributed by atoms with Crippen LogP contribution in [0.1, 0.15) is 224 Å². The van der Waals surface area contributed by atoms with Gasteiger partial charge in [-0.25, -0.2) is 0 Å². The molecule has 0 saturated heterocycles. The molecule has 4 atom stereocenters. The third kappa shape index (κ3) is 29.5. The highest BCUT2D eigenvalue weighted by molar-refractivity contribution is 5.95. The van der Waals surface area contributed by atoms with Crippen LogP contribution in [-0.4, -0.2) is 101 Å². The first-order valence-corrected chi connectivity index (χ1v) is 25.7. The number of nitrogens with one attached hydrogen (secondary N) is 2. The van der Waals surface area contributed by atoms with E-state index in [1.165, 1.54) is 141 Å². The minimum absolute atomic E-state index is 0.00418. The summed E-state index contributed by atoms with van der Waals surface area (Å²) in [5.74, 6) is 0.0424. The third-order valence-electron chi connectivity index (χ3n) is 11.8. The summed E-state index contributed by atoms with van der Waals surface area (Å²) in [6.45, 7) is 7.27. The summed E-state index contributed by atoms with van der Waals surface area (Å²) in [5.41, 5.74) is 0.320. The fourth-order valence-corrected chi connectivity index (χ4v) is 7.62. The van der Waals surface area contributed by atoms with Crippen molar-refractivity contribution in [3.05, 3.63) is 17.7 Å². The molecule has 1 aromatic rings. The fourth-order valence-electron chi connectivity index (χ4n) is 7.62. The number of aliphatic hydroxyl groups is 5. The van der Waals surface area contributed by atoms with Gasteiger partial charge in [0.25, 0.3) is 11.8 Å². The summed E-state index contributed by atoms with van der Waals surface area (Å²) in [6.07, 6.45) is 28.7. The number of aliphatic hydroxyl groups excluding tert-OH is 5. The molecule has 1 rings (SSSR count). The van der Waals surface area contributed by atoms with E-state index in [1.807, 2.05) is 0 Å². The molecule has 12 heteroatoms. The van der Waals surface area contributed by atoms with E-state index in [4.69, 9.17) is 19.3 Å². The zero-order valence-electron chi connectivity index (χ0n) is 40.2. The maximum absolute atomic E-state index is 13.6. The van der Waals surface area contributed by atoms with Gasteiger partial charge < -0.3 is 50.4 Å². The van der Waals surface area contributed by atoms with E-state index in [1.54, 1.807) is 12.1 Å². The number of unbranched alkanes of at least 4 members (excludes halogenated alkanes) is 27. The summed E-state index contributed by atoms with van der Waals surface area (Å²) in [5, 5.41) is 53.8. The highest BCUT2D eigenvalue weighted by Gasteiger charge is 2.34. The van der Waals surface area contributed by atoms with Crippen LogP contribution in [0.2, 0.25) is 0 Å². The lowest BCUT2D eigenvalue weighted by molar-refractivity contribution is -0.148. The summed E-state index contributed by atoms with van der Waals surface area (Å²) in [4.78, 5) is 26.0. The van der Waals surface area contributed by atoms with Gasteiger partial charge in [0.2, 0.25) is 5.75 Å². The van der Waals surface area contributed by atoms with Crippen LogP contribution in [0.5, 0.6) is 17.2 Å². The van der Waals surface area contributed by atoms with Gasteiger partial charge in [-0.15, -0.1) is 0 Å². The molecule has 12 nitrogen and oxygen atoms in total. The molecule has 0 radical (unpaired) electrons. The Kier molecular flexibility index (Phi) is 37.8. The normalized spacial score (nSPS) is 13.3. The Morgan fingerprint density at radius 2 is 0.810 bits per heavy atom. The van der Waals surface area contributed by atoms with Gasteiger partial charge in [0, 0.05) is 18.7 Å². The van der Waals surface area contributed by atoms with Crippen LogP contribution >= 0.6 is 0 Å². The molecule has 0 aliphatic carbocycles. The van der Waals surface area contributed by atoms with E-state index in [2.05, 4.69) is 31.4 Å². The van der Waals surface area contributed by atoms with Crippen molar-refractivity contribution in [1.82, 2.24) is 10.6 Å². The molecular formula is C51H94N2O10. The number of rotatable bonds is 45. The third-order valence-corrected chi connectivity index (χ3v) is 11.8. The van der Waals surface area contributed by atoms with Crippen LogP contribution in [0, 0.1) is 0 Å². The lowest BCUT2D eigenvalue weighted by Crippen LogP contribution is -2.52. The Morgan fingerprint density at radius 1 is 0.476 bits per heavy atom. The molecule has 0 saturated carbocycles. The lowest BCUT2D eigenvalue weighted by atomic mass is 10.0. The zero-order chi connectivity index (χ0) is 46.2. The van der Waals surface area contributed by atoms with Gasteiger partial charge in [-0.05, 0) is 31.4 Å². The molecule has 0 spiro atoms. The molecule has 0 aromatic heterocycles. The average molecular weight is 895 g/mol. The van der Waals surface area contributed by atoms with Gasteiger partial charge in [0.1, 0.15) is 18.3 Å². The molecule has 368 valence electrons. The summed E-state index contributed by atoms with van der Waals surface area (Å²) >= 11 is 0. The van der Waals surface area contributed by atoms with Crippen molar-refractivity contribution in [2.75, 3.05) is 39.5 Å². The topological polar surface area (TPSA) is 187 Å². The number of benzene rings is 1. The van der Waals surface area contributed by atoms with E-state index >= 15 is 0 Å². The highest BCUT2D eigenvalue weighted by Crippen LogP contribution is 2.40. The quantitative estimate of drug-likeness (QED) is 0.0311. The number of ether oxygens (including phenoxy) is 3. The van der Waals surface area contributed by atoms with Crippen LogP contribution in [-0.2, 0) is 4.79 Å². The standard InChI is InChI=1S/C51H94N2O10/c1-4-7-10-13-16-19-22-25-28-31-36-61-44-39-42(50(59)52-34-35-53-51(60)48(58)47(57)46(56)43(55)41-54)40-45(62-37-32-29-26-23-20-17-14-11-8-5-2)49(44)63-38-33-30-27-24-21-18-15-12-9-6-3/h39-40,43,46-48,54-58H,4-38,41H2,1-3H3,(H,52,59)(H,53,60)/t43-,46-,47-,48-/m1/s1. The Morgan fingerprint density at radius 3 is 1.17 bits per heavy atom. The van der Waals surface area contributed by atoms with E-state index in [-0.39, 0.29) is 13.1 Å². The Balaban J connectivity index is 3.01. The Hall–Kier alpha value is -2.64. The van der Waals surface area contributed by atoms with Crippen LogP contribution in [0.3, 0.4) is 0 Å². The van der Waals surface area contributed by atoms with Crippen molar-refractivity contribution in [2.24, 2.45) is 0 Å². The van der Waals surface area contributed by atoms with Gasteiger partial charge in [-0.1, -0.05) is 194 Å². The van der Waals surface area contributed by atoms with Crippen LogP contribution in [0.15, 0.2) is 12.1 Å². The molecule has 1 aromatic carbocycles. The summed E-state index contributed by atoms with van der Waals surface area (Å²) in [7, 11) is 0. The smallest absolute Gasteiger partial charge is 0.251 e. The first-order chi connectivity index (χ1) is 30.7. The van der Waals surface area contributed by atoms with Crippen molar-refractivity contribution in [3.63, 3.8) is 0 Å². The minimum atomic E-state index is -2.06. The molecule has 0 fully saturated rings. The van der Waals surface area contributed by atoms with E-state index in [0.717, 1.165) is 51.4 Å².